The molecule has 46 valence electrons. The average Bonchev–Trinajstić information content (AvgIpc) is 1.65. The van der Waals surface area contributed by atoms with E-state index in [1.54, 1.807) is 5.43 Å². The second-order valence-electron chi connectivity index (χ2n) is 0.899. The maximum absolute atomic E-state index is 9.56. The molecule has 0 fully saturated rings. The zero-order valence-electron chi connectivity index (χ0n) is 3.90. The van der Waals surface area contributed by atoms with Gasteiger partial charge in [0.05, 0.1) is 0 Å². The van der Waals surface area contributed by atoms with Crippen LogP contribution in [0.15, 0.2) is 5.10 Å². The molecule has 0 unspecified atom stereocenters. The van der Waals surface area contributed by atoms with Crippen molar-refractivity contribution in [2.24, 2.45) is 16.7 Å². The van der Waals surface area contributed by atoms with Crippen molar-refractivity contribution in [1.29, 1.82) is 0 Å². The highest BCUT2D eigenvalue weighted by Gasteiger charge is 2.01. The second-order valence-corrected chi connectivity index (χ2v) is 0.899. The number of guanidine groups is 1. The van der Waals surface area contributed by atoms with Gasteiger partial charge in [0.2, 0.25) is 0 Å². The molecule has 8 heavy (non-hydrogen) atoms. The number of nitrogens with zero attached hydrogens (tertiary/aromatic N) is 2. The van der Waals surface area contributed by atoms with Crippen LogP contribution in [-0.2, 0) is 0 Å². The quantitative estimate of drug-likeness (QED) is 0.136. The fourth-order valence-corrected chi connectivity index (χ4v) is 0.127. The van der Waals surface area contributed by atoms with E-state index in [2.05, 4.69) is 10.9 Å². The van der Waals surface area contributed by atoms with E-state index >= 15 is 0 Å². The molecule has 6 N–H and O–H groups in total. The summed E-state index contributed by atoms with van der Waals surface area (Å²) in [7, 11) is 0. The molecular formula is CH6N5O2+. The third-order valence-corrected chi connectivity index (χ3v) is 0.349. The highest BCUT2D eigenvalue weighted by molar-refractivity contribution is 5.75. The van der Waals surface area contributed by atoms with Crippen LogP contribution < -0.4 is 17.0 Å². The first-order valence-corrected chi connectivity index (χ1v) is 1.63. The number of hydrogen-bond donors (Lipinski definition) is 4. The number of hydrazine groups is 1. The number of nitrogens with two attached hydrogens (primary N) is 2. The summed E-state index contributed by atoms with van der Waals surface area (Å²) in [6, 6.07) is 0. The first-order valence-electron chi connectivity index (χ1n) is 1.63. The van der Waals surface area contributed by atoms with Crippen LogP contribution >= 0.6 is 0 Å². The fourth-order valence-electron chi connectivity index (χ4n) is 0.127. The molecule has 0 saturated heterocycles. The molecule has 0 aliphatic carbocycles. The number of nitrogens with one attached hydrogen (secondary N) is 1. The molecule has 0 aliphatic heterocycles. The van der Waals surface area contributed by atoms with Crippen molar-refractivity contribution in [1.82, 2.24) is 5.43 Å². The van der Waals surface area contributed by atoms with Gasteiger partial charge in [-0.2, -0.15) is 0 Å². The highest BCUT2D eigenvalue weighted by atomic mass is 16.7. The average molecular weight is 120 g/mol. The van der Waals surface area contributed by atoms with Crippen LogP contribution in [0.1, 0.15) is 0 Å². The molecule has 0 spiro atoms. The highest BCUT2D eigenvalue weighted by Crippen LogP contribution is 1.51. The van der Waals surface area contributed by atoms with E-state index in [0.717, 1.165) is 0 Å². The van der Waals surface area contributed by atoms with Crippen LogP contribution in [0, 0.1) is 4.91 Å². The number of hydrogen-bond acceptors (Lipinski definition) is 3. The lowest BCUT2D eigenvalue weighted by atomic mass is 11.1. The summed E-state index contributed by atoms with van der Waals surface area (Å²) in [6.45, 7) is 0. The Morgan fingerprint density at radius 2 is 2.38 bits per heavy atom. The van der Waals surface area contributed by atoms with Gasteiger partial charge in [-0.05, 0) is 5.43 Å². The molecule has 0 rings (SSSR count). The third-order valence-electron chi connectivity index (χ3n) is 0.349. The van der Waals surface area contributed by atoms with Crippen LogP contribution in [0.3, 0.4) is 0 Å². The van der Waals surface area contributed by atoms with Crippen LogP contribution in [0.5, 0.6) is 0 Å². The van der Waals surface area contributed by atoms with Gasteiger partial charge in [-0.1, -0.05) is 0 Å². The van der Waals surface area contributed by atoms with Gasteiger partial charge in [0.15, 0.2) is 0 Å². The second kappa shape index (κ2) is 2.61. The molecule has 7 heteroatoms. The molecule has 0 heterocycles. The Kier molecular flexibility index (Phi) is 2.11. The van der Waals surface area contributed by atoms with E-state index in [9.17, 15) is 4.91 Å². The minimum absolute atomic E-state index is 0.359. The van der Waals surface area contributed by atoms with Crippen molar-refractivity contribution in [2.45, 2.75) is 0 Å². The SMILES string of the molecule is NN=C(N)N[N+](=O)O. The van der Waals surface area contributed by atoms with Gasteiger partial charge in [0.1, 0.15) is 4.91 Å². The summed E-state index contributed by atoms with van der Waals surface area (Å²) in [5.74, 6) is 4.19. The molecule has 0 aromatic carbocycles. The van der Waals surface area contributed by atoms with E-state index in [1.807, 2.05) is 0 Å². The van der Waals surface area contributed by atoms with Crippen LogP contribution in [0.2, 0.25) is 0 Å². The summed E-state index contributed by atoms with van der Waals surface area (Å²) in [6.07, 6.45) is 0. The van der Waals surface area contributed by atoms with E-state index in [1.165, 1.54) is 0 Å². The summed E-state index contributed by atoms with van der Waals surface area (Å²) in [5.41, 5.74) is 6.41. The van der Waals surface area contributed by atoms with Crippen LogP contribution in [0.4, 0.5) is 0 Å². The smallest absolute Gasteiger partial charge is 0.362 e. The molecule has 0 bridgehead atoms. The van der Waals surface area contributed by atoms with Gasteiger partial charge in [0, 0.05) is 0 Å². The van der Waals surface area contributed by atoms with Gasteiger partial charge in [-0.3, -0.25) is 0 Å². The van der Waals surface area contributed by atoms with Crippen molar-refractivity contribution in [3.8, 4) is 0 Å². The lowest BCUT2D eigenvalue weighted by Crippen LogP contribution is -2.37. The topological polar surface area (TPSA) is 117 Å². The van der Waals surface area contributed by atoms with E-state index in [4.69, 9.17) is 10.9 Å². The maximum Gasteiger partial charge on any atom is 0.362 e. The predicted molar refractivity (Wildman–Crippen MR) is 24.4 cm³/mol. The minimum atomic E-state index is -0.605. The van der Waals surface area contributed by atoms with E-state index in [-0.39, 0.29) is 5.96 Å². The van der Waals surface area contributed by atoms with Crippen molar-refractivity contribution >= 4 is 5.96 Å². The van der Waals surface area contributed by atoms with Crippen molar-refractivity contribution < 1.29 is 10.2 Å². The monoisotopic (exact) mass is 120 g/mol. The van der Waals surface area contributed by atoms with Crippen molar-refractivity contribution in [3.63, 3.8) is 0 Å². The fraction of sp³-hybridized carbons (Fsp3) is 0. The van der Waals surface area contributed by atoms with Gasteiger partial charge in [-0.25, -0.2) is 5.21 Å². The number of hydrazone groups is 1. The maximum atomic E-state index is 9.56. The van der Waals surface area contributed by atoms with Crippen LogP contribution in [-0.4, -0.2) is 16.2 Å². The first-order chi connectivity index (χ1) is 3.66. The van der Waals surface area contributed by atoms with Gasteiger partial charge in [0.25, 0.3) is 5.96 Å². The minimum Gasteiger partial charge on any atom is -0.364 e. The normalized spacial score (nSPS) is 10.8. The Balaban J connectivity index is 3.56. The number of rotatable bonds is 1. The Morgan fingerprint density at radius 1 is 1.88 bits per heavy atom. The Morgan fingerprint density at radius 3 is 2.50 bits per heavy atom. The van der Waals surface area contributed by atoms with E-state index < -0.39 is 5.03 Å². The zero-order valence-corrected chi connectivity index (χ0v) is 3.90. The molecular weight excluding hydrogens is 114 g/mol. The third kappa shape index (κ3) is 2.69. The van der Waals surface area contributed by atoms with Crippen LogP contribution in [0.25, 0.3) is 0 Å². The predicted octanol–water partition coefficient (Wildman–Crippen LogP) is -2.15. The Labute approximate surface area is 44.5 Å². The van der Waals surface area contributed by atoms with Gasteiger partial charge >= 0.3 is 5.03 Å². The Bertz CT molecular complexity index is 118. The molecule has 0 radical (unpaired) electrons. The lowest BCUT2D eigenvalue weighted by Gasteiger charge is -1.84. The summed E-state index contributed by atoms with van der Waals surface area (Å²) in [5, 5.41) is 10.0. The molecule has 0 aliphatic rings. The molecule has 0 atom stereocenters. The largest absolute Gasteiger partial charge is 0.364 e. The molecule has 0 aromatic rings. The van der Waals surface area contributed by atoms with Crippen molar-refractivity contribution in [3.05, 3.63) is 4.91 Å². The summed E-state index contributed by atoms with van der Waals surface area (Å²) >= 11 is 0. The standard InChI is InChI=1S/CH6N5O2/c2-1(4-3)5-6(7)8/h3H2,(H,7,8)(H3,2,4,5)/q+1. The molecule has 0 amide bonds. The summed E-state index contributed by atoms with van der Waals surface area (Å²) in [4.78, 5) is 9.56. The molecule has 0 saturated carbocycles. The molecule has 7 nitrogen and oxygen atoms in total. The van der Waals surface area contributed by atoms with Gasteiger partial charge < -0.3 is 11.6 Å². The lowest BCUT2D eigenvalue weighted by molar-refractivity contribution is -0.822. The molecule has 0 aromatic heterocycles. The Hall–Kier alpha value is -1.53. The first kappa shape index (κ1) is 6.47. The zero-order chi connectivity index (χ0) is 6.57. The van der Waals surface area contributed by atoms with E-state index in [0.29, 0.717) is 0 Å². The van der Waals surface area contributed by atoms with Crippen molar-refractivity contribution in [2.75, 3.05) is 0 Å². The summed E-state index contributed by atoms with van der Waals surface area (Å²) < 4.78 is 0. The van der Waals surface area contributed by atoms with Gasteiger partial charge in [-0.15, -0.1) is 5.10 Å².